The van der Waals surface area contributed by atoms with E-state index >= 15 is 0 Å². The summed E-state index contributed by atoms with van der Waals surface area (Å²) in [4.78, 5) is 30.8. The SMILES string of the molecule is CCN(P)CCONC(=O)[C@@H]1CCN(OP)C(=O)N1CC. The summed E-state index contributed by atoms with van der Waals surface area (Å²) in [6.07, 6.45) is 0.494. The molecule has 122 valence electrons. The number of hydrogen-bond acceptors (Lipinski definition) is 5. The van der Waals surface area contributed by atoms with E-state index in [0.29, 0.717) is 32.7 Å². The van der Waals surface area contributed by atoms with Gasteiger partial charge in [-0.15, -0.1) is 0 Å². The molecule has 0 aromatic carbocycles. The van der Waals surface area contributed by atoms with Crippen molar-refractivity contribution in [1.29, 1.82) is 0 Å². The van der Waals surface area contributed by atoms with Crippen LogP contribution in [0.15, 0.2) is 0 Å². The van der Waals surface area contributed by atoms with Gasteiger partial charge in [-0.3, -0.25) is 18.9 Å². The predicted octanol–water partition coefficient (Wildman–Crippen LogP) is 0.384. The lowest BCUT2D eigenvalue weighted by Gasteiger charge is -2.38. The monoisotopic (exact) mass is 338 g/mol. The third kappa shape index (κ3) is 5.31. The van der Waals surface area contributed by atoms with E-state index in [2.05, 4.69) is 14.9 Å². The number of amides is 3. The van der Waals surface area contributed by atoms with Crippen molar-refractivity contribution < 1.29 is 19.1 Å². The summed E-state index contributed by atoms with van der Waals surface area (Å²) in [6.45, 7) is 6.60. The minimum absolute atomic E-state index is 0.305. The zero-order chi connectivity index (χ0) is 15.8. The number of carbonyl (C=O) groups is 2. The van der Waals surface area contributed by atoms with Gasteiger partial charge in [0, 0.05) is 22.6 Å². The number of rotatable bonds is 8. The quantitative estimate of drug-likeness (QED) is 0.394. The molecule has 1 rings (SSSR count). The molecule has 0 spiro atoms. The van der Waals surface area contributed by atoms with Gasteiger partial charge in [0.1, 0.15) is 6.04 Å². The van der Waals surface area contributed by atoms with Crippen LogP contribution in [0.5, 0.6) is 0 Å². The first-order valence-corrected chi connectivity index (χ1v) is 7.90. The van der Waals surface area contributed by atoms with Crippen LogP contribution in [0.2, 0.25) is 0 Å². The van der Waals surface area contributed by atoms with Gasteiger partial charge in [0.25, 0.3) is 5.91 Å². The lowest BCUT2D eigenvalue weighted by Crippen LogP contribution is -2.58. The fourth-order valence-corrected chi connectivity index (χ4v) is 2.31. The molecule has 1 aliphatic rings. The van der Waals surface area contributed by atoms with Crippen LogP contribution in [0.4, 0.5) is 4.79 Å². The molecular formula is C11H24N4O4P2. The van der Waals surface area contributed by atoms with Crippen molar-refractivity contribution in [3.8, 4) is 0 Å². The molecule has 10 heteroatoms. The largest absolute Gasteiger partial charge is 0.344 e. The van der Waals surface area contributed by atoms with Crippen molar-refractivity contribution >= 4 is 30.8 Å². The van der Waals surface area contributed by atoms with Crippen molar-refractivity contribution in [1.82, 2.24) is 20.1 Å². The molecule has 0 radical (unpaired) electrons. The molecule has 0 bridgehead atoms. The van der Waals surface area contributed by atoms with Gasteiger partial charge in [-0.1, -0.05) is 16.3 Å². The van der Waals surface area contributed by atoms with E-state index in [1.54, 1.807) is 0 Å². The summed E-state index contributed by atoms with van der Waals surface area (Å²) in [7, 11) is 4.61. The topological polar surface area (TPSA) is 74.4 Å². The maximum atomic E-state index is 12.1. The number of carbonyl (C=O) groups excluding carboxylic acids is 2. The summed E-state index contributed by atoms with van der Waals surface area (Å²) < 4.78 is 6.88. The van der Waals surface area contributed by atoms with Crippen LogP contribution in [-0.2, 0) is 14.3 Å². The zero-order valence-electron chi connectivity index (χ0n) is 12.4. The Morgan fingerprint density at radius 2 is 2.24 bits per heavy atom. The Balaban J connectivity index is 2.44. The van der Waals surface area contributed by atoms with Crippen molar-refractivity contribution in [2.45, 2.75) is 26.3 Å². The summed E-state index contributed by atoms with van der Waals surface area (Å²) in [5.41, 5.74) is 2.42. The second-order valence-electron chi connectivity index (χ2n) is 4.52. The first-order valence-electron chi connectivity index (χ1n) is 6.91. The highest BCUT2D eigenvalue weighted by Gasteiger charge is 2.37. The lowest BCUT2D eigenvalue weighted by molar-refractivity contribution is -0.142. The third-order valence-corrected chi connectivity index (χ3v) is 4.15. The number of hydrogen-bond donors (Lipinski definition) is 1. The molecule has 8 nitrogen and oxygen atoms in total. The molecule has 21 heavy (non-hydrogen) atoms. The summed E-state index contributed by atoms with van der Waals surface area (Å²) in [5, 5.41) is 1.21. The Bertz CT molecular complexity index is 361. The zero-order valence-corrected chi connectivity index (χ0v) is 14.8. The fourth-order valence-electron chi connectivity index (χ4n) is 2.00. The number of nitrogens with zero attached hydrogens (tertiary/aromatic N) is 3. The lowest BCUT2D eigenvalue weighted by atomic mass is 10.1. The second-order valence-corrected chi connectivity index (χ2v) is 5.47. The highest BCUT2D eigenvalue weighted by molar-refractivity contribution is 7.13. The van der Waals surface area contributed by atoms with E-state index in [9.17, 15) is 9.59 Å². The van der Waals surface area contributed by atoms with Gasteiger partial charge in [-0.2, -0.15) is 0 Å². The van der Waals surface area contributed by atoms with Crippen LogP contribution in [0.1, 0.15) is 20.3 Å². The van der Waals surface area contributed by atoms with Crippen molar-refractivity contribution in [3.63, 3.8) is 0 Å². The normalized spacial score (nSPS) is 19.3. The molecule has 0 aromatic heterocycles. The van der Waals surface area contributed by atoms with Gasteiger partial charge in [0.05, 0.1) is 13.2 Å². The van der Waals surface area contributed by atoms with Crippen molar-refractivity contribution in [2.75, 3.05) is 32.8 Å². The average Bonchev–Trinajstić information content (AvgIpc) is 2.50. The molecule has 3 amide bonds. The van der Waals surface area contributed by atoms with Crippen LogP contribution >= 0.6 is 18.9 Å². The fraction of sp³-hybridized carbons (Fsp3) is 0.818. The Morgan fingerprint density at radius 3 is 2.81 bits per heavy atom. The maximum absolute atomic E-state index is 12.1. The van der Waals surface area contributed by atoms with E-state index < -0.39 is 6.04 Å². The molecule has 1 saturated heterocycles. The first-order chi connectivity index (χ1) is 10.0. The summed E-state index contributed by atoms with van der Waals surface area (Å²) in [5.74, 6) is -0.305. The molecule has 3 atom stereocenters. The van der Waals surface area contributed by atoms with E-state index in [0.717, 1.165) is 6.54 Å². The average molecular weight is 338 g/mol. The van der Waals surface area contributed by atoms with Gasteiger partial charge in [-0.05, 0) is 19.9 Å². The van der Waals surface area contributed by atoms with E-state index in [4.69, 9.17) is 9.46 Å². The van der Waals surface area contributed by atoms with Gasteiger partial charge < -0.3 is 4.90 Å². The number of hydroxylamine groups is 3. The number of urea groups is 1. The van der Waals surface area contributed by atoms with Crippen LogP contribution < -0.4 is 5.48 Å². The Kier molecular flexibility index (Phi) is 8.37. The van der Waals surface area contributed by atoms with Gasteiger partial charge in [-0.25, -0.2) is 15.3 Å². The minimum Gasteiger partial charge on any atom is -0.311 e. The Hall–Kier alpha value is -0.520. The van der Waals surface area contributed by atoms with Gasteiger partial charge >= 0.3 is 6.03 Å². The number of nitrogens with one attached hydrogen (secondary N) is 1. The number of likely N-dealkylation sites (N-methyl/N-ethyl adjacent to an activating group) is 2. The Morgan fingerprint density at radius 1 is 1.52 bits per heavy atom. The van der Waals surface area contributed by atoms with Crippen molar-refractivity contribution in [2.24, 2.45) is 0 Å². The van der Waals surface area contributed by atoms with E-state index in [1.807, 2.05) is 28.0 Å². The molecule has 0 aliphatic carbocycles. The van der Waals surface area contributed by atoms with Crippen LogP contribution in [0.3, 0.4) is 0 Å². The van der Waals surface area contributed by atoms with Gasteiger partial charge in [0.2, 0.25) is 0 Å². The second kappa shape index (κ2) is 9.49. The predicted molar refractivity (Wildman–Crippen MR) is 84.7 cm³/mol. The molecule has 1 N–H and O–H groups in total. The molecule has 1 aliphatic heterocycles. The standard InChI is InChI=1S/C11H24N4O4P2/c1-3-13(20)7-8-18-12-10(16)9-5-6-15(19-21)11(17)14(9)4-2/h9H,3-8,20-21H2,1-2H3,(H,12,16)/t9-/m0/s1. The molecule has 2 unspecified atom stereocenters. The third-order valence-electron chi connectivity index (χ3n) is 3.27. The molecule has 1 fully saturated rings. The highest BCUT2D eigenvalue weighted by atomic mass is 31.0. The van der Waals surface area contributed by atoms with Crippen LogP contribution in [0.25, 0.3) is 0 Å². The molecule has 0 aromatic rings. The smallest absolute Gasteiger partial charge is 0.311 e. The highest BCUT2D eigenvalue weighted by Crippen LogP contribution is 2.17. The van der Waals surface area contributed by atoms with Crippen molar-refractivity contribution in [3.05, 3.63) is 0 Å². The summed E-state index contributed by atoms with van der Waals surface area (Å²) in [6, 6.07) is -0.849. The van der Waals surface area contributed by atoms with Crippen LogP contribution in [-0.4, -0.2) is 65.4 Å². The maximum Gasteiger partial charge on any atom is 0.344 e. The first kappa shape index (κ1) is 18.5. The molecular weight excluding hydrogens is 314 g/mol. The van der Waals surface area contributed by atoms with E-state index in [1.165, 1.54) is 9.96 Å². The van der Waals surface area contributed by atoms with Crippen LogP contribution in [0, 0.1) is 0 Å². The van der Waals surface area contributed by atoms with Gasteiger partial charge in [0.15, 0.2) is 0 Å². The minimum atomic E-state index is -0.530. The van der Waals surface area contributed by atoms with E-state index in [-0.39, 0.29) is 11.9 Å². The summed E-state index contributed by atoms with van der Waals surface area (Å²) >= 11 is 0. The molecule has 1 heterocycles. The molecule has 0 saturated carbocycles. The Labute approximate surface area is 129 Å².